The first kappa shape index (κ1) is 22.6. The van der Waals surface area contributed by atoms with Crippen LogP contribution in [0.15, 0.2) is 41.3 Å². The predicted octanol–water partition coefficient (Wildman–Crippen LogP) is 2.74. The van der Waals surface area contributed by atoms with E-state index in [9.17, 15) is 18.0 Å². The summed E-state index contributed by atoms with van der Waals surface area (Å²) in [5.74, 6) is -0.189. The van der Waals surface area contributed by atoms with E-state index in [4.69, 9.17) is 9.47 Å². The molecular formula is C21H25N3O6S. The molecule has 1 aliphatic rings. The molecule has 31 heavy (non-hydrogen) atoms. The molecule has 0 radical (unpaired) electrons. The molecule has 0 aromatic heterocycles. The van der Waals surface area contributed by atoms with Crippen LogP contribution in [0.5, 0.6) is 11.5 Å². The molecular weight excluding hydrogens is 422 g/mol. The van der Waals surface area contributed by atoms with Crippen molar-refractivity contribution in [3.63, 3.8) is 0 Å². The van der Waals surface area contributed by atoms with Gasteiger partial charge in [-0.15, -0.1) is 0 Å². The van der Waals surface area contributed by atoms with Crippen molar-refractivity contribution in [2.75, 3.05) is 17.7 Å². The minimum atomic E-state index is -3.93. The van der Waals surface area contributed by atoms with Crippen molar-refractivity contribution >= 4 is 33.2 Å². The van der Waals surface area contributed by atoms with Crippen molar-refractivity contribution < 1.29 is 27.5 Å². The number of nitrogens with one attached hydrogen (secondary N) is 3. The van der Waals surface area contributed by atoms with Gasteiger partial charge in [0.1, 0.15) is 16.4 Å². The highest BCUT2D eigenvalue weighted by atomic mass is 32.2. The number of fused-ring (bicyclic) bond motifs is 1. The lowest BCUT2D eigenvalue weighted by molar-refractivity contribution is -0.122. The van der Waals surface area contributed by atoms with E-state index in [1.165, 1.54) is 25.3 Å². The summed E-state index contributed by atoms with van der Waals surface area (Å²) in [4.78, 5) is 24.4. The molecule has 2 aromatic rings. The van der Waals surface area contributed by atoms with Crippen LogP contribution in [0.1, 0.15) is 38.1 Å². The molecule has 0 unspecified atom stereocenters. The molecule has 0 aliphatic carbocycles. The Morgan fingerprint density at radius 1 is 1.16 bits per heavy atom. The third kappa shape index (κ3) is 5.15. The number of sulfonamides is 1. The third-order valence-corrected chi connectivity index (χ3v) is 6.10. The normalized spacial score (nSPS) is 16.0. The van der Waals surface area contributed by atoms with Crippen LogP contribution in [0, 0.1) is 0 Å². The molecule has 166 valence electrons. The zero-order chi connectivity index (χ0) is 23.0. The fourth-order valence-electron chi connectivity index (χ4n) is 2.98. The SMILES string of the molecule is COc1ccc(C(=O)Nc2ccc3c(c2)NC(=O)[C@H](C)O3)cc1S(=O)(=O)NC(C)(C)C. The first-order valence-electron chi connectivity index (χ1n) is 9.54. The Morgan fingerprint density at radius 2 is 1.87 bits per heavy atom. The molecule has 2 aromatic carbocycles. The number of hydrogen-bond acceptors (Lipinski definition) is 6. The van der Waals surface area contributed by atoms with Crippen molar-refractivity contribution in [2.45, 2.75) is 44.2 Å². The van der Waals surface area contributed by atoms with Gasteiger partial charge in [-0.2, -0.15) is 0 Å². The summed E-state index contributed by atoms with van der Waals surface area (Å²) in [5.41, 5.74) is 0.264. The summed E-state index contributed by atoms with van der Waals surface area (Å²) in [6.07, 6.45) is -0.602. The van der Waals surface area contributed by atoms with E-state index in [1.807, 2.05) is 0 Å². The van der Waals surface area contributed by atoms with Crippen LogP contribution in [0.25, 0.3) is 0 Å². The van der Waals surface area contributed by atoms with Crippen molar-refractivity contribution in [1.82, 2.24) is 4.72 Å². The summed E-state index contributed by atoms with van der Waals surface area (Å²) in [5, 5.41) is 5.41. The number of ether oxygens (including phenoxy) is 2. The number of hydrogen-bond donors (Lipinski definition) is 3. The van der Waals surface area contributed by atoms with Gasteiger partial charge in [-0.25, -0.2) is 13.1 Å². The molecule has 1 heterocycles. The van der Waals surface area contributed by atoms with Gasteiger partial charge in [0, 0.05) is 16.8 Å². The highest BCUT2D eigenvalue weighted by molar-refractivity contribution is 7.89. The van der Waals surface area contributed by atoms with Crippen molar-refractivity contribution in [1.29, 1.82) is 0 Å². The molecule has 0 spiro atoms. The van der Waals surface area contributed by atoms with E-state index in [-0.39, 0.29) is 22.1 Å². The summed E-state index contributed by atoms with van der Waals surface area (Å²) in [6, 6.07) is 8.98. The average Bonchev–Trinajstić information content (AvgIpc) is 2.66. The number of amides is 2. The Morgan fingerprint density at radius 3 is 2.52 bits per heavy atom. The molecule has 10 heteroatoms. The van der Waals surface area contributed by atoms with Crippen molar-refractivity contribution in [3.8, 4) is 11.5 Å². The number of benzene rings is 2. The monoisotopic (exact) mass is 447 g/mol. The van der Waals surface area contributed by atoms with E-state index in [1.54, 1.807) is 45.9 Å². The maximum absolute atomic E-state index is 12.8. The van der Waals surface area contributed by atoms with Crippen LogP contribution in [0.2, 0.25) is 0 Å². The van der Waals surface area contributed by atoms with Gasteiger partial charge < -0.3 is 20.1 Å². The zero-order valence-corrected chi connectivity index (χ0v) is 18.7. The van der Waals surface area contributed by atoms with E-state index >= 15 is 0 Å². The highest BCUT2D eigenvalue weighted by Gasteiger charge is 2.27. The fourth-order valence-corrected chi connectivity index (χ4v) is 4.59. The molecule has 2 amide bonds. The minimum absolute atomic E-state index is 0.121. The van der Waals surface area contributed by atoms with Crippen LogP contribution in [-0.4, -0.2) is 39.0 Å². The van der Waals surface area contributed by atoms with Crippen LogP contribution >= 0.6 is 0 Å². The number of carbonyl (C=O) groups is 2. The van der Waals surface area contributed by atoms with Crippen LogP contribution in [0.3, 0.4) is 0 Å². The average molecular weight is 448 g/mol. The quantitative estimate of drug-likeness (QED) is 0.648. The lowest BCUT2D eigenvalue weighted by atomic mass is 10.1. The van der Waals surface area contributed by atoms with Crippen LogP contribution < -0.4 is 24.8 Å². The third-order valence-electron chi connectivity index (χ3n) is 4.32. The first-order chi connectivity index (χ1) is 14.4. The Kier molecular flexibility index (Phi) is 5.97. The van der Waals surface area contributed by atoms with Crippen LogP contribution in [-0.2, 0) is 14.8 Å². The molecule has 1 atom stereocenters. The number of anilines is 2. The van der Waals surface area contributed by atoms with Gasteiger partial charge in [0.15, 0.2) is 6.10 Å². The molecule has 0 saturated heterocycles. The summed E-state index contributed by atoms with van der Waals surface area (Å²) in [7, 11) is -2.58. The topological polar surface area (TPSA) is 123 Å². The predicted molar refractivity (Wildman–Crippen MR) is 116 cm³/mol. The molecule has 9 nitrogen and oxygen atoms in total. The van der Waals surface area contributed by atoms with E-state index in [2.05, 4.69) is 15.4 Å². The van der Waals surface area contributed by atoms with Gasteiger partial charge >= 0.3 is 0 Å². The molecule has 0 bridgehead atoms. The van der Waals surface area contributed by atoms with Gasteiger partial charge in [0.05, 0.1) is 12.8 Å². The molecule has 3 N–H and O–H groups in total. The summed E-state index contributed by atoms with van der Waals surface area (Å²) in [6.45, 7) is 6.78. The maximum Gasteiger partial charge on any atom is 0.265 e. The smallest absolute Gasteiger partial charge is 0.265 e. The Balaban J connectivity index is 1.88. The Hall–Kier alpha value is -3.11. The second kappa shape index (κ2) is 8.20. The highest BCUT2D eigenvalue weighted by Crippen LogP contribution is 2.32. The minimum Gasteiger partial charge on any atom is -0.495 e. The summed E-state index contributed by atoms with van der Waals surface area (Å²) >= 11 is 0. The van der Waals surface area contributed by atoms with E-state index in [0.717, 1.165) is 0 Å². The second-order valence-electron chi connectivity index (χ2n) is 8.14. The Labute approximate surface area is 181 Å². The zero-order valence-electron chi connectivity index (χ0n) is 17.9. The Bertz CT molecular complexity index is 1140. The largest absolute Gasteiger partial charge is 0.495 e. The van der Waals surface area contributed by atoms with E-state index in [0.29, 0.717) is 17.1 Å². The summed E-state index contributed by atoms with van der Waals surface area (Å²) < 4.78 is 38.8. The lowest BCUT2D eigenvalue weighted by Crippen LogP contribution is -2.40. The lowest BCUT2D eigenvalue weighted by Gasteiger charge is -2.23. The molecule has 0 saturated carbocycles. The number of methoxy groups -OCH3 is 1. The first-order valence-corrected chi connectivity index (χ1v) is 11.0. The van der Waals surface area contributed by atoms with E-state index < -0.39 is 27.6 Å². The molecule has 1 aliphatic heterocycles. The van der Waals surface area contributed by atoms with Gasteiger partial charge in [0.25, 0.3) is 11.8 Å². The number of carbonyl (C=O) groups excluding carboxylic acids is 2. The second-order valence-corrected chi connectivity index (χ2v) is 9.79. The van der Waals surface area contributed by atoms with Gasteiger partial charge in [-0.3, -0.25) is 9.59 Å². The fraction of sp³-hybridized carbons (Fsp3) is 0.333. The van der Waals surface area contributed by atoms with Crippen LogP contribution in [0.4, 0.5) is 11.4 Å². The van der Waals surface area contributed by atoms with Crippen molar-refractivity contribution in [3.05, 3.63) is 42.0 Å². The van der Waals surface area contributed by atoms with Gasteiger partial charge in [-0.1, -0.05) is 0 Å². The van der Waals surface area contributed by atoms with Gasteiger partial charge in [0.2, 0.25) is 10.0 Å². The van der Waals surface area contributed by atoms with Gasteiger partial charge in [-0.05, 0) is 64.1 Å². The number of rotatable bonds is 5. The maximum atomic E-state index is 12.8. The standard InChI is InChI=1S/C21H25N3O6S/c1-12-19(25)23-15-11-14(7-9-16(15)30-12)22-20(26)13-6-8-17(29-5)18(10-13)31(27,28)24-21(2,3)4/h6-12,24H,1-5H3,(H,22,26)(H,23,25)/t12-/m0/s1. The van der Waals surface area contributed by atoms with Crippen molar-refractivity contribution in [2.24, 2.45) is 0 Å². The molecule has 3 rings (SSSR count). The molecule has 0 fully saturated rings.